The minimum absolute atomic E-state index is 0.128. The van der Waals surface area contributed by atoms with Crippen molar-refractivity contribution in [2.45, 2.75) is 18.9 Å². The molecule has 0 saturated carbocycles. The highest BCUT2D eigenvalue weighted by Gasteiger charge is 2.36. The van der Waals surface area contributed by atoms with Crippen LogP contribution in [0.25, 0.3) is 0 Å². The normalized spacial score (nSPS) is 23.9. The maximum absolute atomic E-state index is 12.4. The molecule has 0 bridgehead atoms. The first kappa shape index (κ1) is 14.1. The Morgan fingerprint density at radius 3 is 2.71 bits per heavy atom. The van der Waals surface area contributed by atoms with E-state index in [0.29, 0.717) is 18.7 Å². The third-order valence-electron chi connectivity index (χ3n) is 4.41. The molecule has 7 heteroatoms. The summed E-state index contributed by atoms with van der Waals surface area (Å²) >= 11 is 0. The minimum atomic E-state index is -0.473. The average molecular weight is 291 g/mol. The molecule has 2 amide bonds. The lowest BCUT2D eigenvalue weighted by Crippen LogP contribution is -2.54. The van der Waals surface area contributed by atoms with E-state index in [-0.39, 0.29) is 17.9 Å². The molecule has 1 unspecified atom stereocenters. The van der Waals surface area contributed by atoms with E-state index in [1.807, 2.05) is 4.90 Å². The fourth-order valence-corrected chi connectivity index (χ4v) is 3.09. The lowest BCUT2D eigenvalue weighted by atomic mass is 9.95. The molecule has 3 rings (SSSR count). The Bertz CT molecular complexity index is 549. The van der Waals surface area contributed by atoms with Crippen LogP contribution >= 0.6 is 0 Å². The number of amides is 2. The summed E-state index contributed by atoms with van der Waals surface area (Å²) in [6.45, 7) is 3.26. The van der Waals surface area contributed by atoms with E-state index in [2.05, 4.69) is 17.0 Å². The summed E-state index contributed by atoms with van der Waals surface area (Å²) < 4.78 is 1.73. The topological polar surface area (TPSA) is 84.5 Å². The Kier molecular flexibility index (Phi) is 3.67. The SMILES string of the molecule is CN1CCCC(C(=O)N2CC(n3cc(C(N)=O)cn3)C2)C1. The van der Waals surface area contributed by atoms with Crippen molar-refractivity contribution in [1.29, 1.82) is 0 Å². The fraction of sp³-hybridized carbons (Fsp3) is 0.643. The first-order valence-electron chi connectivity index (χ1n) is 7.36. The second-order valence-corrected chi connectivity index (χ2v) is 6.07. The molecule has 114 valence electrons. The minimum Gasteiger partial charge on any atom is -0.366 e. The molecule has 0 radical (unpaired) electrons. The molecule has 0 aromatic carbocycles. The van der Waals surface area contributed by atoms with Gasteiger partial charge in [0, 0.05) is 25.8 Å². The number of nitrogens with two attached hydrogens (primary N) is 1. The summed E-state index contributed by atoms with van der Waals surface area (Å²) in [4.78, 5) is 27.6. The van der Waals surface area contributed by atoms with Gasteiger partial charge in [0.05, 0.1) is 23.7 Å². The molecule has 1 aromatic rings. The summed E-state index contributed by atoms with van der Waals surface area (Å²) in [5.41, 5.74) is 5.62. The number of piperidine rings is 1. The first-order chi connectivity index (χ1) is 10.0. The smallest absolute Gasteiger partial charge is 0.251 e. The molecule has 2 saturated heterocycles. The van der Waals surface area contributed by atoms with Crippen molar-refractivity contribution in [2.24, 2.45) is 11.7 Å². The van der Waals surface area contributed by atoms with E-state index in [1.165, 1.54) is 6.20 Å². The molecular formula is C14H21N5O2. The van der Waals surface area contributed by atoms with E-state index in [0.717, 1.165) is 25.9 Å². The molecule has 2 fully saturated rings. The van der Waals surface area contributed by atoms with Crippen LogP contribution in [0.3, 0.4) is 0 Å². The molecule has 1 atom stereocenters. The van der Waals surface area contributed by atoms with Crippen LogP contribution in [-0.4, -0.2) is 64.6 Å². The van der Waals surface area contributed by atoms with E-state index in [4.69, 9.17) is 5.73 Å². The molecular weight excluding hydrogens is 270 g/mol. The van der Waals surface area contributed by atoms with Crippen LogP contribution in [0.15, 0.2) is 12.4 Å². The van der Waals surface area contributed by atoms with E-state index in [1.54, 1.807) is 10.9 Å². The number of aromatic nitrogens is 2. The molecule has 7 nitrogen and oxygen atoms in total. The highest BCUT2D eigenvalue weighted by atomic mass is 16.2. The highest BCUT2D eigenvalue weighted by molar-refractivity contribution is 5.92. The van der Waals surface area contributed by atoms with Crippen molar-refractivity contribution < 1.29 is 9.59 Å². The lowest BCUT2D eigenvalue weighted by Gasteiger charge is -2.42. The maximum Gasteiger partial charge on any atom is 0.251 e. The molecule has 2 N–H and O–H groups in total. The van der Waals surface area contributed by atoms with Crippen LogP contribution in [0, 0.1) is 5.92 Å². The lowest BCUT2D eigenvalue weighted by molar-refractivity contribution is -0.143. The summed E-state index contributed by atoms with van der Waals surface area (Å²) in [5, 5.41) is 4.15. The fourth-order valence-electron chi connectivity index (χ4n) is 3.09. The van der Waals surface area contributed by atoms with Gasteiger partial charge in [-0.05, 0) is 26.4 Å². The Labute approximate surface area is 123 Å². The monoisotopic (exact) mass is 291 g/mol. The number of hydrogen-bond acceptors (Lipinski definition) is 4. The number of primary amides is 1. The van der Waals surface area contributed by atoms with Gasteiger partial charge in [0.15, 0.2) is 0 Å². The van der Waals surface area contributed by atoms with Gasteiger partial charge in [0.25, 0.3) is 5.91 Å². The van der Waals surface area contributed by atoms with Gasteiger partial charge in [-0.1, -0.05) is 0 Å². The molecule has 1 aromatic heterocycles. The van der Waals surface area contributed by atoms with Crippen molar-refractivity contribution in [2.75, 3.05) is 33.2 Å². The van der Waals surface area contributed by atoms with Gasteiger partial charge < -0.3 is 15.5 Å². The summed E-state index contributed by atoms with van der Waals surface area (Å²) in [6.07, 6.45) is 5.20. The maximum atomic E-state index is 12.4. The zero-order valence-corrected chi connectivity index (χ0v) is 12.2. The largest absolute Gasteiger partial charge is 0.366 e. The predicted molar refractivity (Wildman–Crippen MR) is 76.6 cm³/mol. The zero-order chi connectivity index (χ0) is 15.0. The average Bonchev–Trinajstić information content (AvgIpc) is 2.86. The molecule has 0 spiro atoms. The van der Waals surface area contributed by atoms with Crippen molar-refractivity contribution in [1.82, 2.24) is 19.6 Å². The Morgan fingerprint density at radius 2 is 2.10 bits per heavy atom. The van der Waals surface area contributed by atoms with Crippen LogP contribution in [0.2, 0.25) is 0 Å². The number of hydrogen-bond donors (Lipinski definition) is 1. The third kappa shape index (κ3) is 2.78. The van der Waals surface area contributed by atoms with E-state index >= 15 is 0 Å². The van der Waals surface area contributed by atoms with Crippen LogP contribution in [0.4, 0.5) is 0 Å². The van der Waals surface area contributed by atoms with Crippen molar-refractivity contribution >= 4 is 11.8 Å². The quantitative estimate of drug-likeness (QED) is 0.829. The third-order valence-corrected chi connectivity index (χ3v) is 4.41. The Hall–Kier alpha value is -1.89. The number of nitrogens with zero attached hydrogens (tertiary/aromatic N) is 4. The Morgan fingerprint density at radius 1 is 1.33 bits per heavy atom. The van der Waals surface area contributed by atoms with E-state index < -0.39 is 5.91 Å². The predicted octanol–water partition coefficient (Wildman–Crippen LogP) is -0.293. The number of rotatable bonds is 3. The second-order valence-electron chi connectivity index (χ2n) is 6.07. The first-order valence-corrected chi connectivity index (χ1v) is 7.36. The van der Waals surface area contributed by atoms with Gasteiger partial charge in [0.1, 0.15) is 0 Å². The standard InChI is InChI=1S/C14H21N5O2/c1-17-4-2-3-10(6-17)14(21)18-8-12(9-18)19-7-11(5-16-19)13(15)20/h5,7,10,12H,2-4,6,8-9H2,1H3,(H2,15,20). The van der Waals surface area contributed by atoms with Gasteiger partial charge in [-0.25, -0.2) is 0 Å². The van der Waals surface area contributed by atoms with Crippen LogP contribution < -0.4 is 5.73 Å². The van der Waals surface area contributed by atoms with Gasteiger partial charge in [-0.3, -0.25) is 14.3 Å². The summed E-state index contributed by atoms with van der Waals surface area (Å²) in [6, 6.07) is 0.156. The van der Waals surface area contributed by atoms with E-state index in [9.17, 15) is 9.59 Å². The highest BCUT2D eigenvalue weighted by Crippen LogP contribution is 2.25. The number of carbonyl (C=O) groups is 2. The van der Waals surface area contributed by atoms with Crippen LogP contribution in [0.1, 0.15) is 29.2 Å². The summed E-state index contributed by atoms with van der Waals surface area (Å²) in [5.74, 6) is -0.0951. The summed E-state index contributed by atoms with van der Waals surface area (Å²) in [7, 11) is 2.06. The number of likely N-dealkylation sites (tertiary alicyclic amines) is 2. The molecule has 21 heavy (non-hydrogen) atoms. The van der Waals surface area contributed by atoms with Crippen LogP contribution in [-0.2, 0) is 4.79 Å². The van der Waals surface area contributed by atoms with Crippen molar-refractivity contribution in [3.63, 3.8) is 0 Å². The van der Waals surface area contributed by atoms with Gasteiger partial charge in [-0.2, -0.15) is 5.10 Å². The zero-order valence-electron chi connectivity index (χ0n) is 12.2. The van der Waals surface area contributed by atoms with Crippen molar-refractivity contribution in [3.8, 4) is 0 Å². The van der Waals surface area contributed by atoms with Crippen molar-refractivity contribution in [3.05, 3.63) is 18.0 Å². The van der Waals surface area contributed by atoms with Gasteiger partial charge >= 0.3 is 0 Å². The second kappa shape index (κ2) is 5.48. The molecule has 0 aliphatic carbocycles. The van der Waals surface area contributed by atoms with Gasteiger partial charge in [-0.15, -0.1) is 0 Å². The van der Waals surface area contributed by atoms with Gasteiger partial charge in [0.2, 0.25) is 5.91 Å². The Balaban J connectivity index is 1.55. The molecule has 2 aliphatic rings. The molecule has 3 heterocycles. The van der Waals surface area contributed by atoms with Crippen LogP contribution in [0.5, 0.6) is 0 Å². The number of carbonyl (C=O) groups excluding carboxylic acids is 2. The molecule has 2 aliphatic heterocycles.